The molecule has 2 N–H and O–H groups in total. The molecule has 3 amide bonds. The summed E-state index contributed by atoms with van der Waals surface area (Å²) in [5.41, 5.74) is 2.62. The van der Waals surface area contributed by atoms with Crippen molar-refractivity contribution >= 4 is 23.3 Å². The van der Waals surface area contributed by atoms with Crippen molar-refractivity contribution in [2.45, 2.75) is 6.54 Å². The number of anilines is 2. The van der Waals surface area contributed by atoms with Gasteiger partial charge < -0.3 is 20.3 Å². The van der Waals surface area contributed by atoms with Gasteiger partial charge in [-0.2, -0.15) is 0 Å². The SMILES string of the molecule is COCCN(Cc1ccccn1)C(=O)c1ccc(NC(=O)Nc2ccccc2)cc1. The molecule has 2 aromatic carbocycles. The van der Waals surface area contributed by atoms with Crippen LogP contribution in [0.3, 0.4) is 0 Å². The molecular weight excluding hydrogens is 380 g/mol. The van der Waals surface area contributed by atoms with E-state index in [-0.39, 0.29) is 11.9 Å². The van der Waals surface area contributed by atoms with E-state index in [4.69, 9.17) is 4.74 Å². The summed E-state index contributed by atoms with van der Waals surface area (Å²) in [6.45, 7) is 1.27. The fourth-order valence-corrected chi connectivity index (χ4v) is 2.83. The molecule has 7 heteroatoms. The van der Waals surface area contributed by atoms with Crippen molar-refractivity contribution in [3.05, 3.63) is 90.3 Å². The molecule has 7 nitrogen and oxygen atoms in total. The maximum atomic E-state index is 13.0. The Morgan fingerprint density at radius 1 is 0.900 bits per heavy atom. The highest BCUT2D eigenvalue weighted by molar-refractivity contribution is 6.00. The van der Waals surface area contributed by atoms with E-state index < -0.39 is 0 Å². The van der Waals surface area contributed by atoms with Gasteiger partial charge in [-0.05, 0) is 48.5 Å². The topological polar surface area (TPSA) is 83.6 Å². The third-order valence-electron chi connectivity index (χ3n) is 4.35. The third kappa shape index (κ3) is 6.15. The lowest BCUT2D eigenvalue weighted by Crippen LogP contribution is -2.33. The number of carbonyl (C=O) groups excluding carboxylic acids is 2. The number of para-hydroxylation sites is 1. The van der Waals surface area contributed by atoms with Crippen LogP contribution in [0.2, 0.25) is 0 Å². The minimum absolute atomic E-state index is 0.127. The van der Waals surface area contributed by atoms with Gasteiger partial charge in [0.1, 0.15) is 0 Å². The zero-order chi connectivity index (χ0) is 21.2. The normalized spacial score (nSPS) is 10.3. The Labute approximate surface area is 175 Å². The summed E-state index contributed by atoms with van der Waals surface area (Å²) in [6.07, 6.45) is 1.70. The fraction of sp³-hybridized carbons (Fsp3) is 0.174. The summed E-state index contributed by atoms with van der Waals surface area (Å²) in [5, 5.41) is 5.51. The molecule has 0 aliphatic rings. The maximum absolute atomic E-state index is 13.0. The summed E-state index contributed by atoms with van der Waals surface area (Å²) in [4.78, 5) is 31.1. The Morgan fingerprint density at radius 3 is 2.20 bits per heavy atom. The lowest BCUT2D eigenvalue weighted by atomic mass is 10.1. The van der Waals surface area contributed by atoms with Gasteiger partial charge in [-0.1, -0.05) is 24.3 Å². The Bertz CT molecular complexity index is 947. The number of amides is 3. The third-order valence-corrected chi connectivity index (χ3v) is 4.35. The zero-order valence-corrected chi connectivity index (χ0v) is 16.7. The van der Waals surface area contributed by atoms with E-state index >= 15 is 0 Å². The molecule has 154 valence electrons. The number of methoxy groups -OCH3 is 1. The van der Waals surface area contributed by atoms with Gasteiger partial charge in [-0.25, -0.2) is 4.79 Å². The van der Waals surface area contributed by atoms with Crippen LogP contribution in [0.1, 0.15) is 16.1 Å². The number of aromatic nitrogens is 1. The van der Waals surface area contributed by atoms with E-state index in [1.54, 1.807) is 54.6 Å². The average Bonchev–Trinajstić information content (AvgIpc) is 2.78. The number of benzene rings is 2. The number of rotatable bonds is 8. The van der Waals surface area contributed by atoms with E-state index in [0.29, 0.717) is 36.6 Å². The molecule has 0 saturated carbocycles. The second kappa shape index (κ2) is 10.7. The van der Waals surface area contributed by atoms with Gasteiger partial charge in [0.05, 0.1) is 18.8 Å². The summed E-state index contributed by atoms with van der Waals surface area (Å²) in [7, 11) is 1.60. The van der Waals surface area contributed by atoms with Crippen LogP contribution in [0.25, 0.3) is 0 Å². The molecule has 0 atom stereocenters. The Morgan fingerprint density at radius 2 is 1.57 bits per heavy atom. The first-order chi connectivity index (χ1) is 14.7. The van der Waals surface area contributed by atoms with Crippen LogP contribution in [0.5, 0.6) is 0 Å². The summed E-state index contributed by atoms with van der Waals surface area (Å²) in [6, 6.07) is 21.2. The molecule has 0 unspecified atom stereocenters. The summed E-state index contributed by atoms with van der Waals surface area (Å²) in [5.74, 6) is -0.127. The van der Waals surface area contributed by atoms with Crippen molar-refractivity contribution in [2.24, 2.45) is 0 Å². The van der Waals surface area contributed by atoms with Gasteiger partial charge >= 0.3 is 6.03 Å². The van der Waals surface area contributed by atoms with E-state index in [9.17, 15) is 9.59 Å². The van der Waals surface area contributed by atoms with Crippen molar-refractivity contribution in [2.75, 3.05) is 30.9 Å². The van der Waals surface area contributed by atoms with Crippen molar-refractivity contribution < 1.29 is 14.3 Å². The fourth-order valence-electron chi connectivity index (χ4n) is 2.83. The number of urea groups is 1. The number of pyridine rings is 1. The first kappa shape index (κ1) is 21.0. The van der Waals surface area contributed by atoms with Crippen LogP contribution in [-0.4, -0.2) is 42.1 Å². The minimum atomic E-state index is -0.350. The molecule has 1 aromatic heterocycles. The van der Waals surface area contributed by atoms with Gasteiger partial charge in [0.25, 0.3) is 5.91 Å². The van der Waals surface area contributed by atoms with Crippen molar-refractivity contribution in [3.63, 3.8) is 0 Å². The zero-order valence-electron chi connectivity index (χ0n) is 16.7. The van der Waals surface area contributed by atoms with Gasteiger partial charge in [0.2, 0.25) is 0 Å². The van der Waals surface area contributed by atoms with E-state index in [1.165, 1.54) is 0 Å². The Balaban J connectivity index is 1.63. The molecule has 0 bridgehead atoms. The van der Waals surface area contributed by atoms with Gasteiger partial charge in [0, 0.05) is 36.8 Å². The van der Waals surface area contributed by atoms with Gasteiger partial charge in [0.15, 0.2) is 0 Å². The maximum Gasteiger partial charge on any atom is 0.323 e. The van der Waals surface area contributed by atoms with Crippen LogP contribution in [-0.2, 0) is 11.3 Å². The minimum Gasteiger partial charge on any atom is -0.383 e. The van der Waals surface area contributed by atoms with Crippen molar-refractivity contribution in [3.8, 4) is 0 Å². The summed E-state index contributed by atoms with van der Waals surface area (Å²) < 4.78 is 5.14. The molecule has 0 aliphatic heterocycles. The lowest BCUT2D eigenvalue weighted by Gasteiger charge is -2.22. The van der Waals surface area contributed by atoms with E-state index in [1.807, 2.05) is 36.4 Å². The number of ether oxygens (including phenoxy) is 1. The second-order valence-electron chi connectivity index (χ2n) is 6.56. The van der Waals surface area contributed by atoms with Gasteiger partial charge in [-0.3, -0.25) is 9.78 Å². The molecule has 3 aromatic rings. The van der Waals surface area contributed by atoms with Gasteiger partial charge in [-0.15, -0.1) is 0 Å². The first-order valence-electron chi connectivity index (χ1n) is 9.57. The average molecular weight is 404 g/mol. The molecular formula is C23H24N4O3. The number of hydrogen-bond donors (Lipinski definition) is 2. The van der Waals surface area contributed by atoms with Crippen LogP contribution in [0.4, 0.5) is 16.2 Å². The smallest absolute Gasteiger partial charge is 0.323 e. The largest absolute Gasteiger partial charge is 0.383 e. The number of nitrogens with zero attached hydrogens (tertiary/aromatic N) is 2. The van der Waals surface area contributed by atoms with Crippen LogP contribution < -0.4 is 10.6 Å². The molecule has 0 spiro atoms. The molecule has 0 radical (unpaired) electrons. The lowest BCUT2D eigenvalue weighted by molar-refractivity contribution is 0.0678. The Kier molecular flexibility index (Phi) is 7.51. The molecule has 0 aliphatic carbocycles. The van der Waals surface area contributed by atoms with Crippen molar-refractivity contribution in [1.29, 1.82) is 0 Å². The quantitative estimate of drug-likeness (QED) is 0.594. The number of nitrogens with one attached hydrogen (secondary N) is 2. The number of hydrogen-bond acceptors (Lipinski definition) is 4. The predicted octanol–water partition coefficient (Wildman–Crippen LogP) is 4.01. The predicted molar refractivity (Wildman–Crippen MR) is 116 cm³/mol. The van der Waals surface area contributed by atoms with E-state index in [0.717, 1.165) is 5.69 Å². The number of carbonyl (C=O) groups is 2. The standard InChI is InChI=1S/C23H24N4O3/c1-30-16-15-27(17-21-9-5-6-14-24-21)22(28)18-10-12-20(13-11-18)26-23(29)25-19-7-3-2-4-8-19/h2-14H,15-17H2,1H3,(H2,25,26,29). The van der Waals surface area contributed by atoms with Crippen molar-refractivity contribution in [1.82, 2.24) is 9.88 Å². The van der Waals surface area contributed by atoms with Crippen LogP contribution in [0.15, 0.2) is 79.0 Å². The Hall–Kier alpha value is -3.71. The highest BCUT2D eigenvalue weighted by Gasteiger charge is 2.16. The molecule has 3 rings (SSSR count). The molecule has 1 heterocycles. The van der Waals surface area contributed by atoms with Crippen LogP contribution in [0, 0.1) is 0 Å². The van der Waals surface area contributed by atoms with Crippen LogP contribution >= 0.6 is 0 Å². The van der Waals surface area contributed by atoms with E-state index in [2.05, 4.69) is 15.6 Å². The molecule has 0 saturated heterocycles. The second-order valence-corrected chi connectivity index (χ2v) is 6.56. The first-order valence-corrected chi connectivity index (χ1v) is 9.57. The highest BCUT2D eigenvalue weighted by Crippen LogP contribution is 2.14. The highest BCUT2D eigenvalue weighted by atomic mass is 16.5. The molecule has 30 heavy (non-hydrogen) atoms. The molecule has 0 fully saturated rings. The summed E-state index contributed by atoms with van der Waals surface area (Å²) >= 11 is 0. The monoisotopic (exact) mass is 404 g/mol.